The van der Waals surface area contributed by atoms with Crippen molar-refractivity contribution < 1.29 is 0 Å². The molecule has 1 aliphatic rings. The molecule has 1 saturated heterocycles. The predicted molar refractivity (Wildman–Crippen MR) is 84.4 cm³/mol. The molecule has 2 unspecified atom stereocenters. The molecule has 19 heavy (non-hydrogen) atoms. The normalized spacial score (nSPS) is 22.7. The molecule has 1 aliphatic heterocycles. The summed E-state index contributed by atoms with van der Waals surface area (Å²) in [6.45, 7) is 19.8. The molecule has 0 aromatic carbocycles. The molecule has 2 atom stereocenters. The summed E-state index contributed by atoms with van der Waals surface area (Å²) >= 11 is 0. The van der Waals surface area contributed by atoms with Crippen molar-refractivity contribution in [3.05, 3.63) is 0 Å². The van der Waals surface area contributed by atoms with Gasteiger partial charge in [0.05, 0.1) is 0 Å². The smallest absolute Gasteiger partial charge is 0.0296 e. The van der Waals surface area contributed by atoms with Crippen molar-refractivity contribution in [3.8, 4) is 0 Å². The van der Waals surface area contributed by atoms with E-state index in [1.807, 2.05) is 0 Å². The van der Waals surface area contributed by atoms with E-state index in [4.69, 9.17) is 5.73 Å². The molecular formula is C16H35N3. The van der Waals surface area contributed by atoms with Crippen molar-refractivity contribution in [3.63, 3.8) is 0 Å². The summed E-state index contributed by atoms with van der Waals surface area (Å²) in [5.41, 5.74) is 6.65. The third-order valence-corrected chi connectivity index (χ3v) is 4.19. The summed E-state index contributed by atoms with van der Waals surface area (Å²) in [6.07, 6.45) is 1.06. The fourth-order valence-electron chi connectivity index (χ4n) is 3.42. The summed E-state index contributed by atoms with van der Waals surface area (Å²) in [5.74, 6) is 0.767. The van der Waals surface area contributed by atoms with Crippen LogP contribution in [0.4, 0.5) is 0 Å². The van der Waals surface area contributed by atoms with Crippen LogP contribution >= 0.6 is 0 Å². The Bertz CT molecular complexity index is 249. The molecule has 0 amide bonds. The Morgan fingerprint density at radius 1 is 1.05 bits per heavy atom. The SMILES string of the molecule is CCC(N)C(N1CCN(CC(C)C)CC1)C(C)(C)C. The average Bonchev–Trinajstić information content (AvgIpc) is 2.29. The third-order valence-electron chi connectivity index (χ3n) is 4.19. The van der Waals surface area contributed by atoms with E-state index in [0.717, 1.165) is 12.3 Å². The van der Waals surface area contributed by atoms with Crippen LogP contribution in [0.25, 0.3) is 0 Å². The van der Waals surface area contributed by atoms with Gasteiger partial charge < -0.3 is 10.6 Å². The lowest BCUT2D eigenvalue weighted by Gasteiger charge is -2.47. The van der Waals surface area contributed by atoms with E-state index in [0.29, 0.717) is 6.04 Å². The second-order valence-corrected chi connectivity index (χ2v) is 7.61. The average molecular weight is 269 g/mol. The van der Waals surface area contributed by atoms with Gasteiger partial charge in [0.25, 0.3) is 0 Å². The van der Waals surface area contributed by atoms with Crippen molar-refractivity contribution >= 4 is 0 Å². The van der Waals surface area contributed by atoms with Crippen LogP contribution in [0, 0.1) is 11.3 Å². The fraction of sp³-hybridized carbons (Fsp3) is 1.00. The predicted octanol–water partition coefficient (Wildman–Crippen LogP) is 2.41. The van der Waals surface area contributed by atoms with Crippen LogP contribution in [-0.2, 0) is 0 Å². The highest BCUT2D eigenvalue weighted by atomic mass is 15.3. The minimum atomic E-state index is 0.260. The number of hydrogen-bond acceptors (Lipinski definition) is 3. The van der Waals surface area contributed by atoms with E-state index in [1.165, 1.54) is 32.7 Å². The maximum atomic E-state index is 6.39. The molecule has 0 aromatic heterocycles. The highest BCUT2D eigenvalue weighted by Crippen LogP contribution is 2.28. The molecule has 1 rings (SSSR count). The van der Waals surface area contributed by atoms with Gasteiger partial charge in [-0.2, -0.15) is 0 Å². The molecule has 1 heterocycles. The van der Waals surface area contributed by atoms with Crippen LogP contribution in [0.3, 0.4) is 0 Å². The van der Waals surface area contributed by atoms with E-state index in [-0.39, 0.29) is 11.5 Å². The van der Waals surface area contributed by atoms with Crippen molar-refractivity contribution in [2.24, 2.45) is 17.1 Å². The monoisotopic (exact) mass is 269 g/mol. The zero-order valence-corrected chi connectivity index (χ0v) is 13.9. The Hall–Kier alpha value is -0.120. The molecule has 3 heteroatoms. The van der Waals surface area contributed by atoms with E-state index in [2.05, 4.69) is 51.3 Å². The minimum Gasteiger partial charge on any atom is -0.326 e. The minimum absolute atomic E-state index is 0.260. The van der Waals surface area contributed by atoms with E-state index >= 15 is 0 Å². The molecule has 3 nitrogen and oxygen atoms in total. The molecule has 0 bridgehead atoms. The van der Waals surface area contributed by atoms with Gasteiger partial charge >= 0.3 is 0 Å². The summed E-state index contributed by atoms with van der Waals surface area (Å²) in [5, 5.41) is 0. The molecule has 0 aliphatic carbocycles. The lowest BCUT2D eigenvalue weighted by Crippen LogP contribution is -2.60. The van der Waals surface area contributed by atoms with E-state index < -0.39 is 0 Å². The van der Waals surface area contributed by atoms with Crippen molar-refractivity contribution in [2.75, 3.05) is 32.7 Å². The van der Waals surface area contributed by atoms with Gasteiger partial charge in [-0.25, -0.2) is 0 Å². The molecule has 0 saturated carbocycles. The van der Waals surface area contributed by atoms with Crippen molar-refractivity contribution in [2.45, 2.75) is 60.0 Å². The topological polar surface area (TPSA) is 32.5 Å². The summed E-state index contributed by atoms with van der Waals surface area (Å²) in [7, 11) is 0. The van der Waals surface area contributed by atoms with Gasteiger partial charge in [0, 0.05) is 44.8 Å². The van der Waals surface area contributed by atoms with Crippen molar-refractivity contribution in [1.29, 1.82) is 0 Å². The first-order chi connectivity index (χ1) is 8.75. The first kappa shape index (κ1) is 16.9. The molecule has 0 spiro atoms. The molecule has 114 valence electrons. The standard InChI is InChI=1S/C16H35N3/c1-7-14(17)15(16(4,5)6)19-10-8-18(9-11-19)12-13(2)3/h13-15H,7-12,17H2,1-6H3. The fourth-order valence-corrected chi connectivity index (χ4v) is 3.42. The van der Waals surface area contributed by atoms with E-state index in [1.54, 1.807) is 0 Å². The third kappa shape index (κ3) is 5.05. The lowest BCUT2D eigenvalue weighted by molar-refractivity contribution is 0.0280. The number of piperazine rings is 1. The Morgan fingerprint density at radius 3 is 1.95 bits per heavy atom. The van der Waals surface area contributed by atoms with Gasteiger partial charge in [-0.3, -0.25) is 4.90 Å². The molecule has 2 N–H and O–H groups in total. The van der Waals surface area contributed by atoms with Crippen LogP contribution in [0.2, 0.25) is 0 Å². The quantitative estimate of drug-likeness (QED) is 0.832. The van der Waals surface area contributed by atoms with Crippen LogP contribution in [0.1, 0.15) is 48.0 Å². The van der Waals surface area contributed by atoms with Crippen LogP contribution < -0.4 is 5.73 Å². The zero-order valence-electron chi connectivity index (χ0n) is 13.9. The maximum Gasteiger partial charge on any atom is 0.0296 e. The summed E-state index contributed by atoms with van der Waals surface area (Å²) in [6, 6.07) is 0.787. The molecule has 0 radical (unpaired) electrons. The Kier molecular flexibility index (Phi) is 6.28. The first-order valence-electron chi connectivity index (χ1n) is 7.97. The van der Waals surface area contributed by atoms with Crippen LogP contribution in [-0.4, -0.2) is 54.6 Å². The van der Waals surface area contributed by atoms with Crippen LogP contribution in [0.15, 0.2) is 0 Å². The lowest BCUT2D eigenvalue weighted by atomic mass is 9.80. The maximum absolute atomic E-state index is 6.39. The van der Waals surface area contributed by atoms with Gasteiger partial charge in [-0.1, -0.05) is 41.5 Å². The second-order valence-electron chi connectivity index (χ2n) is 7.61. The van der Waals surface area contributed by atoms with Crippen molar-refractivity contribution in [1.82, 2.24) is 9.80 Å². The van der Waals surface area contributed by atoms with Gasteiger partial charge in [0.1, 0.15) is 0 Å². The number of nitrogens with zero attached hydrogens (tertiary/aromatic N) is 2. The van der Waals surface area contributed by atoms with Gasteiger partial charge in [0.15, 0.2) is 0 Å². The Balaban J connectivity index is 2.60. The zero-order chi connectivity index (χ0) is 14.6. The Morgan fingerprint density at radius 2 is 1.58 bits per heavy atom. The van der Waals surface area contributed by atoms with Gasteiger partial charge in [-0.15, -0.1) is 0 Å². The highest BCUT2D eigenvalue weighted by molar-refractivity contribution is 4.92. The summed E-state index contributed by atoms with van der Waals surface area (Å²) in [4.78, 5) is 5.23. The number of nitrogens with two attached hydrogens (primary N) is 1. The van der Waals surface area contributed by atoms with Gasteiger partial charge in [0.2, 0.25) is 0 Å². The molecule has 1 fully saturated rings. The largest absolute Gasteiger partial charge is 0.326 e. The highest BCUT2D eigenvalue weighted by Gasteiger charge is 2.35. The first-order valence-corrected chi connectivity index (χ1v) is 7.97. The second kappa shape index (κ2) is 7.05. The Labute approximate surface area is 120 Å². The van der Waals surface area contributed by atoms with Crippen LogP contribution in [0.5, 0.6) is 0 Å². The summed E-state index contributed by atoms with van der Waals surface area (Å²) < 4.78 is 0. The molecule has 0 aromatic rings. The molecular weight excluding hydrogens is 234 g/mol. The number of rotatable bonds is 5. The number of hydrogen-bond donors (Lipinski definition) is 1. The van der Waals surface area contributed by atoms with E-state index in [9.17, 15) is 0 Å². The van der Waals surface area contributed by atoms with Gasteiger partial charge in [-0.05, 0) is 17.8 Å².